The standard InChI is InChI=1S/C6H7FOS/c7-6-2-1-5(9-6)3-4-8/h1-2,8H,3-4H2. The molecule has 0 saturated heterocycles. The molecule has 0 amide bonds. The molecule has 1 aromatic rings. The highest BCUT2D eigenvalue weighted by molar-refractivity contribution is 7.10. The van der Waals surface area contributed by atoms with Crippen LogP contribution in [0.5, 0.6) is 0 Å². The van der Waals surface area contributed by atoms with Crippen LogP contribution in [0.25, 0.3) is 0 Å². The van der Waals surface area contributed by atoms with Gasteiger partial charge in [-0.3, -0.25) is 0 Å². The quantitative estimate of drug-likeness (QED) is 0.669. The molecule has 50 valence electrons. The molecule has 0 aliphatic heterocycles. The van der Waals surface area contributed by atoms with Crippen molar-refractivity contribution in [1.29, 1.82) is 0 Å². The van der Waals surface area contributed by atoms with Crippen molar-refractivity contribution in [2.75, 3.05) is 6.61 Å². The number of halogens is 1. The first-order chi connectivity index (χ1) is 4.33. The number of aliphatic hydroxyl groups is 1. The van der Waals surface area contributed by atoms with Crippen LogP contribution >= 0.6 is 11.3 Å². The van der Waals surface area contributed by atoms with E-state index in [0.717, 1.165) is 16.2 Å². The Kier molecular flexibility index (Phi) is 2.19. The van der Waals surface area contributed by atoms with E-state index in [9.17, 15) is 4.39 Å². The van der Waals surface area contributed by atoms with E-state index in [-0.39, 0.29) is 11.7 Å². The highest BCUT2D eigenvalue weighted by Gasteiger charge is 1.95. The summed E-state index contributed by atoms with van der Waals surface area (Å²) in [5, 5.41) is 8.23. The van der Waals surface area contributed by atoms with E-state index >= 15 is 0 Å². The molecule has 0 atom stereocenters. The first-order valence-electron chi connectivity index (χ1n) is 2.68. The topological polar surface area (TPSA) is 20.2 Å². The van der Waals surface area contributed by atoms with Gasteiger partial charge in [0, 0.05) is 17.9 Å². The lowest BCUT2D eigenvalue weighted by Gasteiger charge is -1.85. The van der Waals surface area contributed by atoms with Gasteiger partial charge in [0.15, 0.2) is 5.13 Å². The van der Waals surface area contributed by atoms with Gasteiger partial charge in [0.05, 0.1) is 0 Å². The summed E-state index contributed by atoms with van der Waals surface area (Å²) in [4.78, 5) is 0.898. The predicted octanol–water partition coefficient (Wildman–Crippen LogP) is 1.42. The van der Waals surface area contributed by atoms with Crippen LogP contribution in [-0.2, 0) is 6.42 Å². The molecule has 1 rings (SSSR count). The molecular weight excluding hydrogens is 139 g/mol. The van der Waals surface area contributed by atoms with E-state index in [4.69, 9.17) is 5.11 Å². The van der Waals surface area contributed by atoms with Crippen LogP contribution in [0.2, 0.25) is 0 Å². The molecule has 0 bridgehead atoms. The van der Waals surface area contributed by atoms with Crippen LogP contribution in [0.4, 0.5) is 4.39 Å². The minimum atomic E-state index is -0.182. The SMILES string of the molecule is OCCc1ccc(F)s1. The third-order valence-corrected chi connectivity index (χ3v) is 1.92. The average Bonchev–Trinajstić information content (AvgIpc) is 2.17. The molecule has 0 fully saturated rings. The van der Waals surface area contributed by atoms with E-state index in [0.29, 0.717) is 6.42 Å². The van der Waals surface area contributed by atoms with Crippen LogP contribution in [0.3, 0.4) is 0 Å². The largest absolute Gasteiger partial charge is 0.396 e. The van der Waals surface area contributed by atoms with Gasteiger partial charge in [0.1, 0.15) is 0 Å². The van der Waals surface area contributed by atoms with Crippen LogP contribution < -0.4 is 0 Å². The van der Waals surface area contributed by atoms with Crippen molar-refractivity contribution in [2.24, 2.45) is 0 Å². The Bertz CT molecular complexity index is 185. The molecular formula is C6H7FOS. The van der Waals surface area contributed by atoms with Gasteiger partial charge in [-0.25, -0.2) is 0 Å². The van der Waals surface area contributed by atoms with Gasteiger partial charge in [-0.15, -0.1) is 11.3 Å². The number of thiophene rings is 1. The van der Waals surface area contributed by atoms with Crippen molar-refractivity contribution >= 4 is 11.3 Å². The van der Waals surface area contributed by atoms with Crippen molar-refractivity contribution in [3.8, 4) is 0 Å². The van der Waals surface area contributed by atoms with Gasteiger partial charge in [-0.1, -0.05) is 0 Å². The van der Waals surface area contributed by atoms with E-state index in [2.05, 4.69) is 0 Å². The minimum Gasteiger partial charge on any atom is -0.396 e. The highest BCUT2D eigenvalue weighted by atomic mass is 32.1. The first-order valence-corrected chi connectivity index (χ1v) is 3.49. The van der Waals surface area contributed by atoms with Gasteiger partial charge in [-0.2, -0.15) is 4.39 Å². The van der Waals surface area contributed by atoms with Gasteiger partial charge in [0.25, 0.3) is 0 Å². The average molecular weight is 146 g/mol. The molecule has 1 N–H and O–H groups in total. The van der Waals surface area contributed by atoms with Crippen molar-refractivity contribution in [3.63, 3.8) is 0 Å². The van der Waals surface area contributed by atoms with Crippen molar-refractivity contribution < 1.29 is 9.50 Å². The summed E-state index contributed by atoms with van der Waals surface area (Å²) in [6.45, 7) is 0.0972. The maximum Gasteiger partial charge on any atom is 0.176 e. The van der Waals surface area contributed by atoms with Crippen LogP contribution in [-0.4, -0.2) is 11.7 Å². The minimum absolute atomic E-state index is 0.0972. The monoisotopic (exact) mass is 146 g/mol. The fourth-order valence-electron chi connectivity index (χ4n) is 0.596. The zero-order valence-corrected chi connectivity index (χ0v) is 5.62. The number of hydrogen-bond donors (Lipinski definition) is 1. The molecule has 1 aromatic heterocycles. The lowest BCUT2D eigenvalue weighted by Crippen LogP contribution is -1.84. The van der Waals surface area contributed by atoms with Crippen LogP contribution in [0, 0.1) is 5.13 Å². The van der Waals surface area contributed by atoms with Crippen LogP contribution in [0.1, 0.15) is 4.88 Å². The second kappa shape index (κ2) is 2.94. The van der Waals surface area contributed by atoms with Crippen LogP contribution in [0.15, 0.2) is 12.1 Å². The Morgan fingerprint density at radius 3 is 2.78 bits per heavy atom. The van der Waals surface area contributed by atoms with Crippen molar-refractivity contribution in [3.05, 3.63) is 22.1 Å². The molecule has 0 aliphatic carbocycles. The second-order valence-electron chi connectivity index (χ2n) is 1.68. The Morgan fingerprint density at radius 2 is 2.33 bits per heavy atom. The summed E-state index contributed by atoms with van der Waals surface area (Å²) >= 11 is 1.09. The number of aliphatic hydroxyl groups excluding tert-OH is 1. The zero-order chi connectivity index (χ0) is 6.69. The van der Waals surface area contributed by atoms with Gasteiger partial charge >= 0.3 is 0 Å². The molecule has 0 unspecified atom stereocenters. The normalized spacial score (nSPS) is 10.0. The Labute approximate surface area is 56.8 Å². The molecule has 9 heavy (non-hydrogen) atoms. The molecule has 0 aliphatic rings. The first kappa shape index (κ1) is 6.71. The van der Waals surface area contributed by atoms with Gasteiger partial charge < -0.3 is 5.11 Å². The third kappa shape index (κ3) is 1.77. The molecule has 0 radical (unpaired) electrons. The molecule has 1 nitrogen and oxygen atoms in total. The zero-order valence-electron chi connectivity index (χ0n) is 4.80. The molecule has 1 heterocycles. The predicted molar refractivity (Wildman–Crippen MR) is 35.1 cm³/mol. The smallest absolute Gasteiger partial charge is 0.176 e. The Balaban J connectivity index is 2.61. The maximum absolute atomic E-state index is 12.2. The number of hydrogen-bond acceptors (Lipinski definition) is 2. The van der Waals surface area contributed by atoms with Crippen molar-refractivity contribution in [1.82, 2.24) is 0 Å². The lowest BCUT2D eigenvalue weighted by molar-refractivity contribution is 0.300. The second-order valence-corrected chi connectivity index (χ2v) is 2.80. The lowest BCUT2D eigenvalue weighted by atomic mass is 10.4. The molecule has 3 heteroatoms. The summed E-state index contributed by atoms with van der Waals surface area (Å²) < 4.78 is 12.2. The number of rotatable bonds is 2. The van der Waals surface area contributed by atoms with E-state index in [1.165, 1.54) is 6.07 Å². The third-order valence-electron chi connectivity index (χ3n) is 0.987. The fourth-order valence-corrected chi connectivity index (χ4v) is 1.31. The molecule has 0 spiro atoms. The Morgan fingerprint density at radius 1 is 1.56 bits per heavy atom. The van der Waals surface area contributed by atoms with E-state index in [1.807, 2.05) is 0 Å². The van der Waals surface area contributed by atoms with E-state index < -0.39 is 0 Å². The van der Waals surface area contributed by atoms with Crippen molar-refractivity contribution in [2.45, 2.75) is 6.42 Å². The molecule has 0 saturated carbocycles. The summed E-state index contributed by atoms with van der Waals surface area (Å²) in [5.74, 6) is 0. The van der Waals surface area contributed by atoms with Gasteiger partial charge in [0.2, 0.25) is 0 Å². The summed E-state index contributed by atoms with van der Waals surface area (Å²) in [5.41, 5.74) is 0. The fraction of sp³-hybridized carbons (Fsp3) is 0.333. The summed E-state index contributed by atoms with van der Waals surface area (Å²) in [6, 6.07) is 3.10. The maximum atomic E-state index is 12.2. The summed E-state index contributed by atoms with van der Waals surface area (Å²) in [6.07, 6.45) is 0.564. The Hall–Kier alpha value is -0.410. The highest BCUT2D eigenvalue weighted by Crippen LogP contribution is 2.13. The summed E-state index contributed by atoms with van der Waals surface area (Å²) in [7, 11) is 0. The molecule has 0 aromatic carbocycles. The van der Waals surface area contributed by atoms with Gasteiger partial charge in [-0.05, 0) is 12.1 Å². The van der Waals surface area contributed by atoms with E-state index in [1.54, 1.807) is 6.07 Å².